The summed E-state index contributed by atoms with van der Waals surface area (Å²) >= 11 is 0. The standard InChI is InChI=1S/C18H27NO2/c1-19-17(20)10-16-14-7-6-11-4-2-3-5-12(11)13(14)8-9-15(16)18(19)21/h11-16H,2-10H2,1H3. The van der Waals surface area contributed by atoms with Crippen LogP contribution in [0.2, 0.25) is 0 Å². The summed E-state index contributed by atoms with van der Waals surface area (Å²) in [5, 5.41) is 0. The molecule has 3 heteroatoms. The first-order chi connectivity index (χ1) is 10.2. The molecule has 0 spiro atoms. The Hall–Kier alpha value is -0.860. The van der Waals surface area contributed by atoms with Crippen LogP contribution in [0, 0.1) is 35.5 Å². The summed E-state index contributed by atoms with van der Waals surface area (Å²) in [5.41, 5.74) is 0. The first-order valence-electron chi connectivity index (χ1n) is 8.97. The molecule has 3 aliphatic carbocycles. The van der Waals surface area contributed by atoms with Gasteiger partial charge in [0.1, 0.15) is 0 Å². The molecule has 1 aliphatic heterocycles. The van der Waals surface area contributed by atoms with Gasteiger partial charge in [0, 0.05) is 19.4 Å². The van der Waals surface area contributed by atoms with Crippen molar-refractivity contribution in [2.45, 2.75) is 57.8 Å². The molecule has 3 nitrogen and oxygen atoms in total. The number of piperidine rings is 1. The molecule has 1 heterocycles. The Bertz CT molecular complexity index is 460. The van der Waals surface area contributed by atoms with Crippen molar-refractivity contribution >= 4 is 11.8 Å². The summed E-state index contributed by atoms with van der Waals surface area (Å²) in [6.45, 7) is 0. The topological polar surface area (TPSA) is 37.4 Å². The fraction of sp³-hybridized carbons (Fsp3) is 0.889. The maximum absolute atomic E-state index is 12.4. The van der Waals surface area contributed by atoms with Crippen LogP contribution in [-0.4, -0.2) is 23.8 Å². The minimum absolute atomic E-state index is 0.0627. The van der Waals surface area contributed by atoms with Crippen LogP contribution in [0.4, 0.5) is 0 Å². The van der Waals surface area contributed by atoms with Gasteiger partial charge in [-0.15, -0.1) is 0 Å². The number of carbonyl (C=O) groups excluding carboxylic acids is 2. The van der Waals surface area contributed by atoms with E-state index in [1.54, 1.807) is 7.05 Å². The fourth-order valence-corrected chi connectivity index (χ4v) is 6.25. The van der Waals surface area contributed by atoms with Crippen LogP contribution in [0.3, 0.4) is 0 Å². The van der Waals surface area contributed by atoms with Gasteiger partial charge in [-0.1, -0.05) is 19.3 Å². The molecule has 0 aromatic carbocycles. The van der Waals surface area contributed by atoms with Gasteiger partial charge in [0.05, 0.1) is 0 Å². The van der Waals surface area contributed by atoms with Crippen molar-refractivity contribution in [2.75, 3.05) is 7.05 Å². The molecule has 0 N–H and O–H groups in total. The lowest BCUT2D eigenvalue weighted by atomic mass is 9.52. The van der Waals surface area contributed by atoms with Crippen molar-refractivity contribution in [2.24, 2.45) is 35.5 Å². The quantitative estimate of drug-likeness (QED) is 0.642. The Balaban J connectivity index is 1.58. The molecule has 6 atom stereocenters. The number of fused-ring (bicyclic) bond motifs is 5. The largest absolute Gasteiger partial charge is 0.286 e. The molecule has 21 heavy (non-hydrogen) atoms. The van der Waals surface area contributed by atoms with Crippen molar-refractivity contribution in [1.29, 1.82) is 0 Å². The molecule has 6 unspecified atom stereocenters. The third-order valence-electron chi connectivity index (χ3n) is 7.25. The van der Waals surface area contributed by atoms with Crippen LogP contribution in [0.15, 0.2) is 0 Å². The first-order valence-corrected chi connectivity index (χ1v) is 8.97. The minimum atomic E-state index is 0.0627. The van der Waals surface area contributed by atoms with Crippen molar-refractivity contribution in [1.82, 2.24) is 4.90 Å². The zero-order valence-electron chi connectivity index (χ0n) is 13.1. The molecular formula is C18H27NO2. The molecule has 0 bridgehead atoms. The van der Waals surface area contributed by atoms with Crippen molar-refractivity contribution in [3.63, 3.8) is 0 Å². The zero-order chi connectivity index (χ0) is 14.6. The van der Waals surface area contributed by atoms with Crippen molar-refractivity contribution in [3.05, 3.63) is 0 Å². The minimum Gasteiger partial charge on any atom is -0.286 e. The smallest absolute Gasteiger partial charge is 0.232 e. The Labute approximate surface area is 127 Å². The Morgan fingerprint density at radius 1 is 0.810 bits per heavy atom. The molecule has 0 aromatic heterocycles. The summed E-state index contributed by atoms with van der Waals surface area (Å²) in [4.78, 5) is 26.0. The first kappa shape index (κ1) is 13.8. The molecule has 1 saturated heterocycles. The van der Waals surface area contributed by atoms with E-state index < -0.39 is 0 Å². The van der Waals surface area contributed by atoms with Crippen molar-refractivity contribution < 1.29 is 9.59 Å². The lowest BCUT2D eigenvalue weighted by molar-refractivity contribution is -0.159. The predicted octanol–water partition coefficient (Wildman–Crippen LogP) is 3.23. The summed E-state index contributed by atoms with van der Waals surface area (Å²) < 4.78 is 0. The van der Waals surface area contributed by atoms with Crippen LogP contribution >= 0.6 is 0 Å². The maximum atomic E-state index is 12.4. The van der Waals surface area contributed by atoms with Gasteiger partial charge in [-0.2, -0.15) is 0 Å². The molecule has 0 radical (unpaired) electrons. The molecule has 4 aliphatic rings. The van der Waals surface area contributed by atoms with E-state index in [9.17, 15) is 9.59 Å². The van der Waals surface area contributed by atoms with Gasteiger partial charge in [0.25, 0.3) is 0 Å². The van der Waals surface area contributed by atoms with E-state index in [2.05, 4.69) is 0 Å². The highest BCUT2D eigenvalue weighted by Gasteiger charge is 2.52. The highest BCUT2D eigenvalue weighted by Crippen LogP contribution is 2.56. The second-order valence-electron chi connectivity index (χ2n) is 7.96. The van der Waals surface area contributed by atoms with E-state index in [1.165, 1.54) is 49.8 Å². The lowest BCUT2D eigenvalue weighted by Gasteiger charge is -2.54. The normalized spacial score (nSPS) is 46.6. The van der Waals surface area contributed by atoms with Gasteiger partial charge in [-0.05, 0) is 61.7 Å². The van der Waals surface area contributed by atoms with E-state index in [0.29, 0.717) is 18.3 Å². The summed E-state index contributed by atoms with van der Waals surface area (Å²) in [7, 11) is 1.67. The second-order valence-corrected chi connectivity index (χ2v) is 7.96. The maximum Gasteiger partial charge on any atom is 0.232 e. The van der Waals surface area contributed by atoms with Crippen LogP contribution in [0.5, 0.6) is 0 Å². The van der Waals surface area contributed by atoms with Crippen LogP contribution in [0.1, 0.15) is 57.8 Å². The fourth-order valence-electron chi connectivity index (χ4n) is 6.25. The molecule has 4 fully saturated rings. The van der Waals surface area contributed by atoms with Crippen LogP contribution in [-0.2, 0) is 9.59 Å². The molecule has 2 amide bonds. The molecule has 4 rings (SSSR count). The van der Waals surface area contributed by atoms with E-state index in [4.69, 9.17) is 0 Å². The van der Waals surface area contributed by atoms with E-state index in [0.717, 1.165) is 24.2 Å². The highest BCUT2D eigenvalue weighted by molar-refractivity contribution is 5.98. The van der Waals surface area contributed by atoms with Crippen LogP contribution < -0.4 is 0 Å². The number of nitrogens with zero attached hydrogens (tertiary/aromatic N) is 1. The Morgan fingerprint density at radius 2 is 1.52 bits per heavy atom. The number of hydrogen-bond acceptors (Lipinski definition) is 2. The summed E-state index contributed by atoms with van der Waals surface area (Å²) in [6.07, 6.45) is 11.2. The summed E-state index contributed by atoms with van der Waals surface area (Å²) in [5.74, 6) is 4.02. The van der Waals surface area contributed by atoms with Crippen molar-refractivity contribution in [3.8, 4) is 0 Å². The number of hydrogen-bond donors (Lipinski definition) is 0. The number of rotatable bonds is 0. The number of imide groups is 1. The molecule has 3 saturated carbocycles. The lowest BCUT2D eigenvalue weighted by Crippen LogP contribution is -2.54. The van der Waals surface area contributed by atoms with Gasteiger partial charge in [-0.3, -0.25) is 14.5 Å². The second kappa shape index (κ2) is 5.10. The number of likely N-dealkylation sites (tertiary alicyclic amines) is 1. The van der Waals surface area contributed by atoms with Gasteiger partial charge in [0.15, 0.2) is 0 Å². The number of carbonyl (C=O) groups is 2. The zero-order valence-corrected chi connectivity index (χ0v) is 13.1. The highest BCUT2D eigenvalue weighted by atomic mass is 16.2. The Kier molecular flexibility index (Phi) is 3.35. The SMILES string of the molecule is CN1C(=O)CC2C(CCC3C4CCCCC4CCC23)C1=O. The van der Waals surface area contributed by atoms with Gasteiger partial charge >= 0.3 is 0 Å². The van der Waals surface area contributed by atoms with Gasteiger partial charge in [-0.25, -0.2) is 0 Å². The summed E-state index contributed by atoms with van der Waals surface area (Å²) in [6, 6.07) is 0. The number of amides is 2. The average molecular weight is 289 g/mol. The molecular weight excluding hydrogens is 262 g/mol. The third kappa shape index (κ3) is 2.07. The monoisotopic (exact) mass is 289 g/mol. The van der Waals surface area contributed by atoms with E-state index >= 15 is 0 Å². The molecule has 0 aromatic rings. The van der Waals surface area contributed by atoms with E-state index in [1.807, 2.05) is 0 Å². The average Bonchev–Trinajstić information content (AvgIpc) is 2.52. The molecule has 116 valence electrons. The van der Waals surface area contributed by atoms with E-state index in [-0.39, 0.29) is 17.7 Å². The predicted molar refractivity (Wildman–Crippen MR) is 80.3 cm³/mol. The van der Waals surface area contributed by atoms with Gasteiger partial charge in [0.2, 0.25) is 11.8 Å². The third-order valence-corrected chi connectivity index (χ3v) is 7.25. The van der Waals surface area contributed by atoms with Gasteiger partial charge < -0.3 is 0 Å². The Morgan fingerprint density at radius 3 is 2.38 bits per heavy atom. The van der Waals surface area contributed by atoms with Crippen LogP contribution in [0.25, 0.3) is 0 Å².